The third-order valence-corrected chi connectivity index (χ3v) is 5.86. The number of rotatable bonds is 4. The number of carbonyl (C=O) groups is 1. The van der Waals surface area contributed by atoms with Crippen molar-refractivity contribution in [2.45, 2.75) is 25.5 Å². The van der Waals surface area contributed by atoms with Crippen LogP contribution in [0, 0.1) is 0 Å². The molecule has 0 atom stereocenters. The molecule has 1 aliphatic heterocycles. The van der Waals surface area contributed by atoms with E-state index in [-0.39, 0.29) is 24.2 Å². The molecule has 4 aromatic rings. The molecule has 158 valence electrons. The Balaban J connectivity index is 1.66. The van der Waals surface area contributed by atoms with Gasteiger partial charge in [-0.15, -0.1) is 0 Å². The van der Waals surface area contributed by atoms with Crippen molar-refractivity contribution in [2.75, 3.05) is 13.1 Å². The molecule has 1 aliphatic rings. The smallest absolute Gasteiger partial charge is 0.348 e. The predicted octanol–water partition coefficient (Wildman–Crippen LogP) is 1.82. The molecule has 0 bridgehead atoms. The van der Waals surface area contributed by atoms with Crippen molar-refractivity contribution >= 4 is 22.5 Å². The van der Waals surface area contributed by atoms with Gasteiger partial charge in [-0.25, -0.2) is 14.3 Å². The minimum absolute atomic E-state index is 0.0453. The van der Waals surface area contributed by atoms with Crippen LogP contribution in [-0.2, 0) is 6.61 Å². The van der Waals surface area contributed by atoms with Gasteiger partial charge in [0.2, 0.25) is 0 Å². The normalized spacial score (nSPS) is 14.9. The number of amides is 1. The van der Waals surface area contributed by atoms with Crippen molar-refractivity contribution in [1.29, 1.82) is 0 Å². The maximum Gasteiger partial charge on any atom is 0.348 e. The molecule has 1 amide bonds. The Kier molecular flexibility index (Phi) is 5.01. The van der Waals surface area contributed by atoms with Crippen LogP contribution < -0.4 is 16.3 Å². The van der Waals surface area contributed by atoms with Gasteiger partial charge in [0.25, 0.3) is 5.91 Å². The maximum absolute atomic E-state index is 13.2. The number of benzene rings is 2. The van der Waals surface area contributed by atoms with E-state index in [9.17, 15) is 14.7 Å². The van der Waals surface area contributed by atoms with Crippen molar-refractivity contribution in [3.63, 3.8) is 0 Å². The van der Waals surface area contributed by atoms with Crippen LogP contribution in [0.5, 0.6) is 0 Å². The van der Waals surface area contributed by atoms with Crippen molar-refractivity contribution in [1.82, 2.24) is 25.2 Å². The number of aliphatic hydroxyl groups is 1. The highest BCUT2D eigenvalue weighted by Gasteiger charge is 2.20. The summed E-state index contributed by atoms with van der Waals surface area (Å²) in [6.45, 7) is 1.71. The average Bonchev–Trinajstić information content (AvgIpc) is 3.19. The number of aromatic amines is 1. The molecule has 0 radical (unpaired) electrons. The summed E-state index contributed by atoms with van der Waals surface area (Å²) in [4.78, 5) is 25.6. The van der Waals surface area contributed by atoms with E-state index in [1.54, 1.807) is 6.07 Å². The second-order valence-corrected chi connectivity index (χ2v) is 7.87. The third-order valence-electron chi connectivity index (χ3n) is 5.86. The van der Waals surface area contributed by atoms with Crippen molar-refractivity contribution in [2.24, 2.45) is 0 Å². The van der Waals surface area contributed by atoms with Gasteiger partial charge in [-0.05, 0) is 66.9 Å². The second kappa shape index (κ2) is 7.98. The van der Waals surface area contributed by atoms with Crippen LogP contribution in [0.3, 0.4) is 0 Å². The number of nitrogens with one attached hydrogen (secondary N) is 3. The summed E-state index contributed by atoms with van der Waals surface area (Å²) in [5.41, 5.74) is 3.80. The quantitative estimate of drug-likeness (QED) is 0.405. The lowest BCUT2D eigenvalue weighted by Gasteiger charge is -2.24. The lowest BCUT2D eigenvalue weighted by molar-refractivity contribution is 0.0931. The predicted molar refractivity (Wildman–Crippen MR) is 118 cm³/mol. The Hall–Kier alpha value is -3.49. The molecule has 4 N–H and O–H groups in total. The third kappa shape index (κ3) is 3.60. The fourth-order valence-electron chi connectivity index (χ4n) is 4.24. The van der Waals surface area contributed by atoms with Crippen molar-refractivity contribution < 1.29 is 9.90 Å². The van der Waals surface area contributed by atoms with Crippen LogP contribution >= 0.6 is 0 Å². The van der Waals surface area contributed by atoms with Crippen LogP contribution in [0.25, 0.3) is 27.7 Å². The van der Waals surface area contributed by atoms with E-state index in [4.69, 9.17) is 0 Å². The van der Waals surface area contributed by atoms with Crippen LogP contribution in [0.2, 0.25) is 0 Å². The lowest BCUT2D eigenvalue weighted by Crippen LogP contribution is -2.42. The minimum Gasteiger partial charge on any atom is -0.392 e. The molecule has 8 heteroatoms. The fraction of sp³-hybridized carbons (Fsp3) is 0.261. The molecule has 1 fully saturated rings. The summed E-state index contributed by atoms with van der Waals surface area (Å²) >= 11 is 0. The Morgan fingerprint density at radius 2 is 1.94 bits per heavy atom. The molecule has 8 nitrogen and oxygen atoms in total. The largest absolute Gasteiger partial charge is 0.392 e. The number of nitrogens with zero attached hydrogens (tertiary/aromatic N) is 2. The summed E-state index contributed by atoms with van der Waals surface area (Å²) in [5.74, 6) is -0.170. The Morgan fingerprint density at radius 3 is 2.74 bits per heavy atom. The fourth-order valence-corrected chi connectivity index (χ4v) is 4.24. The summed E-state index contributed by atoms with van der Waals surface area (Å²) in [6.07, 6.45) is 1.76. The van der Waals surface area contributed by atoms with Crippen LogP contribution in [-0.4, -0.2) is 44.7 Å². The van der Waals surface area contributed by atoms with Gasteiger partial charge in [0.05, 0.1) is 17.7 Å². The van der Waals surface area contributed by atoms with Crippen LogP contribution in [0.1, 0.15) is 28.8 Å². The zero-order valence-corrected chi connectivity index (χ0v) is 16.9. The molecule has 0 saturated carbocycles. The number of H-pyrrole nitrogens is 1. The number of hydrogen-bond donors (Lipinski definition) is 4. The number of hydrogen-bond acceptors (Lipinski definition) is 5. The van der Waals surface area contributed by atoms with Crippen LogP contribution in [0.15, 0.2) is 53.3 Å². The highest BCUT2D eigenvalue weighted by atomic mass is 16.3. The van der Waals surface area contributed by atoms with Crippen molar-refractivity contribution in [3.8, 4) is 11.1 Å². The van der Waals surface area contributed by atoms with Gasteiger partial charge in [-0.3, -0.25) is 4.79 Å². The van der Waals surface area contributed by atoms with E-state index in [1.807, 2.05) is 42.5 Å². The first kappa shape index (κ1) is 19.5. The van der Waals surface area contributed by atoms with Gasteiger partial charge in [0.15, 0.2) is 5.65 Å². The summed E-state index contributed by atoms with van der Waals surface area (Å²) < 4.78 is 1.48. The average molecular weight is 417 g/mol. The van der Waals surface area contributed by atoms with E-state index >= 15 is 0 Å². The number of fused-ring (bicyclic) bond motifs is 3. The van der Waals surface area contributed by atoms with Crippen LogP contribution in [0.4, 0.5) is 0 Å². The topological polar surface area (TPSA) is 112 Å². The van der Waals surface area contributed by atoms with E-state index in [2.05, 4.69) is 20.8 Å². The number of pyridine rings is 1. The van der Waals surface area contributed by atoms with Crippen molar-refractivity contribution in [3.05, 3.63) is 70.1 Å². The molecule has 1 saturated heterocycles. The molecular weight excluding hydrogens is 394 g/mol. The van der Waals surface area contributed by atoms with E-state index in [0.717, 1.165) is 42.6 Å². The second-order valence-electron chi connectivity index (χ2n) is 7.87. The molecule has 0 aliphatic carbocycles. The minimum atomic E-state index is -0.347. The monoisotopic (exact) mass is 417 g/mol. The molecule has 2 aromatic heterocycles. The number of carbonyl (C=O) groups excluding carboxylic acids is 1. The Bertz CT molecular complexity index is 1330. The Morgan fingerprint density at radius 1 is 1.13 bits per heavy atom. The lowest BCUT2D eigenvalue weighted by atomic mass is 9.98. The van der Waals surface area contributed by atoms with Gasteiger partial charge in [-0.1, -0.05) is 24.3 Å². The van der Waals surface area contributed by atoms with Gasteiger partial charge < -0.3 is 15.7 Å². The molecule has 0 spiro atoms. The van der Waals surface area contributed by atoms with Gasteiger partial charge in [0, 0.05) is 11.4 Å². The summed E-state index contributed by atoms with van der Waals surface area (Å²) in [6, 6.07) is 15.1. The zero-order valence-electron chi connectivity index (χ0n) is 16.9. The molecule has 5 rings (SSSR count). The number of aromatic nitrogens is 3. The maximum atomic E-state index is 13.2. The highest BCUT2D eigenvalue weighted by molar-refractivity contribution is 6.08. The first-order chi connectivity index (χ1) is 15.1. The molecular formula is C23H23N5O3. The standard InChI is InChI=1S/C23H23N5O3/c29-13-14-2-1-3-15(10-14)16-4-5-20-18(11-16)19(12-21-26-27-23(31)28(20)21)22(30)25-17-6-8-24-9-7-17/h1-5,10-12,17,24,29H,6-9,13H2,(H,25,30)(H,27,31). The first-order valence-corrected chi connectivity index (χ1v) is 10.4. The van der Waals surface area contributed by atoms with E-state index in [0.29, 0.717) is 22.1 Å². The summed E-state index contributed by atoms with van der Waals surface area (Å²) in [7, 11) is 0. The SMILES string of the molecule is O=C(NC1CCNCC1)c1cc2n[nH]c(=O)n2c2ccc(-c3cccc(CO)c3)cc12. The van der Waals surface area contributed by atoms with Gasteiger partial charge in [-0.2, -0.15) is 5.10 Å². The number of piperidine rings is 1. The highest BCUT2D eigenvalue weighted by Crippen LogP contribution is 2.28. The Labute approximate surface area is 177 Å². The van der Waals surface area contributed by atoms with Gasteiger partial charge >= 0.3 is 5.69 Å². The number of aliphatic hydroxyl groups excluding tert-OH is 1. The van der Waals surface area contributed by atoms with E-state index < -0.39 is 0 Å². The van der Waals surface area contributed by atoms with Gasteiger partial charge in [0.1, 0.15) is 0 Å². The molecule has 2 aromatic carbocycles. The molecule has 31 heavy (non-hydrogen) atoms. The zero-order chi connectivity index (χ0) is 21.4. The first-order valence-electron chi connectivity index (χ1n) is 10.4. The van der Waals surface area contributed by atoms with E-state index in [1.165, 1.54) is 4.40 Å². The molecule has 0 unspecified atom stereocenters. The molecule has 3 heterocycles. The summed E-state index contributed by atoms with van der Waals surface area (Å²) in [5, 5.41) is 23.1.